The summed E-state index contributed by atoms with van der Waals surface area (Å²) in [4.78, 5) is 21.8. The third-order valence-corrected chi connectivity index (χ3v) is 3.47. The van der Waals surface area contributed by atoms with Crippen LogP contribution in [-0.4, -0.2) is 21.0 Å². The van der Waals surface area contributed by atoms with Gasteiger partial charge in [-0.2, -0.15) is 0 Å². The van der Waals surface area contributed by atoms with Crippen molar-refractivity contribution >= 4 is 29.8 Å². The van der Waals surface area contributed by atoms with E-state index in [2.05, 4.69) is 41.7 Å². The highest BCUT2D eigenvalue weighted by Gasteiger charge is 2.09. The van der Waals surface area contributed by atoms with Gasteiger partial charge in [0.2, 0.25) is 0 Å². The molecule has 1 heterocycles. The van der Waals surface area contributed by atoms with Crippen LogP contribution in [0, 0.1) is 6.92 Å². The van der Waals surface area contributed by atoms with Gasteiger partial charge >= 0.3 is 6.09 Å². The second-order valence-corrected chi connectivity index (χ2v) is 5.16. The van der Waals surface area contributed by atoms with Crippen LogP contribution < -0.4 is 10.3 Å². The summed E-state index contributed by atoms with van der Waals surface area (Å²) in [5, 5.41) is 11.4. The SMILES string of the molecule is Cc1ccccc1CNS.O=C(O)n1[nH]c2ccccc2c1=O. The number of fused-ring (bicyclic) bond motifs is 1. The molecule has 3 rings (SSSR count). The summed E-state index contributed by atoms with van der Waals surface area (Å²) in [7, 11) is 0. The van der Waals surface area contributed by atoms with E-state index in [0.717, 1.165) is 6.54 Å². The first-order chi connectivity index (χ1) is 11.0. The molecule has 0 amide bonds. The molecule has 3 N–H and O–H groups in total. The number of carboxylic acid groups (broad SMARTS) is 1. The van der Waals surface area contributed by atoms with E-state index in [9.17, 15) is 9.59 Å². The summed E-state index contributed by atoms with van der Waals surface area (Å²) in [6.45, 7) is 2.93. The first kappa shape index (κ1) is 16.9. The van der Waals surface area contributed by atoms with Crippen molar-refractivity contribution in [3.05, 3.63) is 70.0 Å². The van der Waals surface area contributed by atoms with E-state index in [1.54, 1.807) is 24.3 Å². The summed E-state index contributed by atoms with van der Waals surface area (Å²) < 4.78 is 3.38. The number of aromatic nitrogens is 2. The zero-order valence-corrected chi connectivity index (χ0v) is 13.4. The smallest absolute Gasteiger partial charge is 0.433 e. The van der Waals surface area contributed by atoms with Crippen LogP contribution in [0.3, 0.4) is 0 Å². The molecule has 0 atom stereocenters. The third-order valence-electron chi connectivity index (χ3n) is 3.31. The Hall–Kier alpha value is -2.51. The van der Waals surface area contributed by atoms with E-state index >= 15 is 0 Å². The number of thiol groups is 1. The normalized spacial score (nSPS) is 10.2. The Morgan fingerprint density at radius 1 is 1.22 bits per heavy atom. The Balaban J connectivity index is 0.000000174. The van der Waals surface area contributed by atoms with Gasteiger partial charge in [0.15, 0.2) is 0 Å². The number of hydrogen-bond acceptors (Lipinski definition) is 4. The molecule has 23 heavy (non-hydrogen) atoms. The zero-order chi connectivity index (χ0) is 16.8. The van der Waals surface area contributed by atoms with Crippen LogP contribution in [0.25, 0.3) is 10.9 Å². The van der Waals surface area contributed by atoms with Gasteiger partial charge in [-0.1, -0.05) is 49.2 Å². The van der Waals surface area contributed by atoms with Crippen molar-refractivity contribution in [1.29, 1.82) is 0 Å². The van der Waals surface area contributed by atoms with Gasteiger partial charge in [-0.15, -0.1) is 4.68 Å². The number of benzene rings is 2. The minimum absolute atomic E-state index is 0.380. The lowest BCUT2D eigenvalue weighted by atomic mass is 10.1. The van der Waals surface area contributed by atoms with Gasteiger partial charge < -0.3 is 5.11 Å². The molecular formula is C16H17N3O3S. The summed E-state index contributed by atoms with van der Waals surface area (Å²) >= 11 is 3.93. The lowest BCUT2D eigenvalue weighted by Gasteiger charge is -2.01. The van der Waals surface area contributed by atoms with Gasteiger partial charge in [0.1, 0.15) is 0 Å². The van der Waals surface area contributed by atoms with Crippen molar-refractivity contribution in [2.24, 2.45) is 0 Å². The summed E-state index contributed by atoms with van der Waals surface area (Å²) in [6.07, 6.45) is -1.30. The maximum absolute atomic E-state index is 11.3. The molecule has 0 unspecified atom stereocenters. The van der Waals surface area contributed by atoms with Gasteiger partial charge in [-0.25, -0.2) is 4.79 Å². The van der Waals surface area contributed by atoms with Gasteiger partial charge in [0, 0.05) is 6.54 Å². The van der Waals surface area contributed by atoms with Gasteiger partial charge in [0.25, 0.3) is 5.56 Å². The lowest BCUT2D eigenvalue weighted by Crippen LogP contribution is -2.22. The number of aromatic amines is 1. The number of nitrogens with zero attached hydrogens (tertiary/aromatic N) is 1. The molecular weight excluding hydrogens is 314 g/mol. The van der Waals surface area contributed by atoms with E-state index in [-0.39, 0.29) is 0 Å². The second-order valence-electron chi connectivity index (χ2n) is 4.84. The van der Waals surface area contributed by atoms with Crippen molar-refractivity contribution in [3.63, 3.8) is 0 Å². The largest absolute Gasteiger partial charge is 0.463 e. The molecule has 6 nitrogen and oxygen atoms in total. The van der Waals surface area contributed by atoms with E-state index in [1.165, 1.54) is 11.1 Å². The molecule has 7 heteroatoms. The molecule has 120 valence electrons. The highest BCUT2D eigenvalue weighted by molar-refractivity contribution is 7.78. The van der Waals surface area contributed by atoms with Gasteiger partial charge in [0.05, 0.1) is 10.9 Å². The highest BCUT2D eigenvalue weighted by Crippen LogP contribution is 2.06. The van der Waals surface area contributed by atoms with Crippen LogP contribution in [-0.2, 0) is 6.54 Å². The maximum atomic E-state index is 11.3. The Morgan fingerprint density at radius 3 is 2.48 bits per heavy atom. The molecule has 3 aromatic rings. The zero-order valence-electron chi connectivity index (χ0n) is 12.5. The molecule has 0 bridgehead atoms. The minimum atomic E-state index is -1.30. The van der Waals surface area contributed by atoms with E-state index in [4.69, 9.17) is 5.11 Å². The van der Waals surface area contributed by atoms with E-state index < -0.39 is 11.7 Å². The number of nitrogens with one attached hydrogen (secondary N) is 2. The molecule has 0 aliphatic carbocycles. The minimum Gasteiger partial charge on any atom is -0.463 e. The number of para-hydroxylation sites is 1. The highest BCUT2D eigenvalue weighted by atomic mass is 32.1. The van der Waals surface area contributed by atoms with Crippen LogP contribution >= 0.6 is 12.8 Å². The number of carbonyl (C=O) groups is 1. The van der Waals surface area contributed by atoms with E-state index in [1.807, 2.05) is 12.1 Å². The molecule has 0 radical (unpaired) electrons. The fraction of sp³-hybridized carbons (Fsp3) is 0.125. The Kier molecular flexibility index (Phi) is 5.61. The van der Waals surface area contributed by atoms with E-state index in [0.29, 0.717) is 15.6 Å². The lowest BCUT2D eigenvalue weighted by molar-refractivity contribution is 0.192. The third kappa shape index (κ3) is 4.02. The molecule has 2 aromatic carbocycles. The summed E-state index contributed by atoms with van der Waals surface area (Å²) in [5.41, 5.74) is 2.60. The van der Waals surface area contributed by atoms with Crippen LogP contribution in [0.4, 0.5) is 4.79 Å². The van der Waals surface area contributed by atoms with Crippen LogP contribution in [0.15, 0.2) is 53.3 Å². The van der Waals surface area contributed by atoms with Crippen molar-refractivity contribution in [2.75, 3.05) is 0 Å². The van der Waals surface area contributed by atoms with Crippen LogP contribution in [0.1, 0.15) is 11.1 Å². The monoisotopic (exact) mass is 331 g/mol. The van der Waals surface area contributed by atoms with Crippen molar-refractivity contribution < 1.29 is 9.90 Å². The Morgan fingerprint density at radius 2 is 1.87 bits per heavy atom. The molecule has 0 spiro atoms. The van der Waals surface area contributed by atoms with Crippen molar-refractivity contribution in [1.82, 2.24) is 14.5 Å². The predicted molar refractivity (Wildman–Crippen MR) is 93.0 cm³/mol. The van der Waals surface area contributed by atoms with Crippen LogP contribution in [0.5, 0.6) is 0 Å². The molecule has 0 saturated heterocycles. The average molecular weight is 331 g/mol. The van der Waals surface area contributed by atoms with Gasteiger partial charge in [-0.3, -0.25) is 14.6 Å². The standard InChI is InChI=1S/C8H6N2O3.C8H11NS/c11-7-5-3-1-2-4-6(5)9-10(7)8(12)13;1-7-4-2-3-5-8(7)6-9-10/h1-4,9H,(H,12,13);2-5,9-10H,6H2,1H3. The number of rotatable bonds is 2. The summed E-state index contributed by atoms with van der Waals surface area (Å²) in [6, 6.07) is 14.9. The van der Waals surface area contributed by atoms with Crippen LogP contribution in [0.2, 0.25) is 0 Å². The molecule has 0 fully saturated rings. The van der Waals surface area contributed by atoms with Crippen molar-refractivity contribution in [3.8, 4) is 0 Å². The number of H-pyrrole nitrogens is 1. The van der Waals surface area contributed by atoms with Crippen molar-refractivity contribution in [2.45, 2.75) is 13.5 Å². The Labute approximate surface area is 138 Å². The first-order valence-electron chi connectivity index (χ1n) is 6.89. The molecule has 1 aromatic heterocycles. The maximum Gasteiger partial charge on any atom is 0.433 e. The topological polar surface area (TPSA) is 87.1 Å². The molecule has 0 aliphatic rings. The Bertz CT molecular complexity index is 870. The molecule has 0 saturated carbocycles. The molecule has 0 aliphatic heterocycles. The second kappa shape index (κ2) is 7.66. The fourth-order valence-electron chi connectivity index (χ4n) is 2.09. The number of aryl methyl sites for hydroxylation is 1. The fourth-order valence-corrected chi connectivity index (χ4v) is 2.26. The first-order valence-corrected chi connectivity index (χ1v) is 7.34. The summed E-state index contributed by atoms with van der Waals surface area (Å²) in [5.74, 6) is 0. The number of hydrogen-bond donors (Lipinski definition) is 4. The van der Waals surface area contributed by atoms with Gasteiger partial charge in [-0.05, 0) is 30.2 Å². The quantitative estimate of drug-likeness (QED) is 0.544. The predicted octanol–water partition coefficient (Wildman–Crippen LogP) is 2.79. The average Bonchev–Trinajstić information content (AvgIpc) is 2.88.